The molecule has 0 radical (unpaired) electrons. The molecule has 0 spiro atoms. The van der Waals surface area contributed by atoms with Crippen LogP contribution in [0.25, 0.3) is 21.8 Å². The van der Waals surface area contributed by atoms with E-state index in [0.717, 1.165) is 18.2 Å². The van der Waals surface area contributed by atoms with Crippen LogP contribution in [0.3, 0.4) is 0 Å². The Labute approximate surface area is 149 Å². The van der Waals surface area contributed by atoms with Crippen LogP contribution >= 0.6 is 0 Å². The highest BCUT2D eigenvalue weighted by Crippen LogP contribution is 2.32. The third-order valence-electron chi connectivity index (χ3n) is 3.72. The predicted molar refractivity (Wildman–Crippen MR) is 93.7 cm³/mol. The molecule has 0 aliphatic rings. The van der Waals surface area contributed by atoms with E-state index in [4.69, 9.17) is 5.73 Å². The first-order valence-corrected chi connectivity index (χ1v) is 8.74. The van der Waals surface area contributed by atoms with Crippen molar-refractivity contribution < 1.29 is 18.1 Å². The summed E-state index contributed by atoms with van der Waals surface area (Å²) in [5.74, 6) is -0.905. The highest BCUT2D eigenvalue weighted by molar-refractivity contribution is 7.89. The number of nitrogens with zero attached hydrogens (tertiary/aromatic N) is 1. The second-order valence-electron chi connectivity index (χ2n) is 5.48. The van der Waals surface area contributed by atoms with Gasteiger partial charge in [0.15, 0.2) is 0 Å². The minimum Gasteiger partial charge on any atom is -0.369 e. The SMILES string of the molecule is NC(=O)CNS(=O)(=O)c1ccc2c(c1)c([N+](=O)[O-])cc1[nH]c(=O)c(=O)[nH]c12. The molecule has 140 valence electrons. The molecular weight excluding hydrogens is 382 g/mol. The smallest absolute Gasteiger partial charge is 0.314 e. The van der Waals surface area contributed by atoms with E-state index in [1.807, 2.05) is 4.72 Å². The van der Waals surface area contributed by atoms with Gasteiger partial charge in [-0.15, -0.1) is 0 Å². The number of carbonyl (C=O) groups is 1. The lowest BCUT2D eigenvalue weighted by molar-refractivity contribution is -0.383. The van der Waals surface area contributed by atoms with Crippen LogP contribution in [-0.4, -0.2) is 35.8 Å². The van der Waals surface area contributed by atoms with Gasteiger partial charge < -0.3 is 15.7 Å². The van der Waals surface area contributed by atoms with E-state index in [-0.39, 0.29) is 26.7 Å². The fraction of sp³-hybridized carbons (Fsp3) is 0.0714. The van der Waals surface area contributed by atoms with E-state index >= 15 is 0 Å². The van der Waals surface area contributed by atoms with Crippen LogP contribution in [0.5, 0.6) is 0 Å². The number of sulfonamides is 1. The fourth-order valence-electron chi connectivity index (χ4n) is 2.54. The summed E-state index contributed by atoms with van der Waals surface area (Å²) in [6.45, 7) is -0.644. The number of nitrogens with two attached hydrogens (primary N) is 1. The largest absolute Gasteiger partial charge is 0.369 e. The van der Waals surface area contributed by atoms with Gasteiger partial charge in [-0.2, -0.15) is 0 Å². The van der Waals surface area contributed by atoms with Crippen LogP contribution in [0.1, 0.15) is 0 Å². The Balaban J connectivity index is 2.34. The number of nitro groups is 1. The van der Waals surface area contributed by atoms with E-state index in [9.17, 15) is 32.9 Å². The molecule has 0 saturated heterocycles. The van der Waals surface area contributed by atoms with Gasteiger partial charge in [0, 0.05) is 11.5 Å². The summed E-state index contributed by atoms with van der Waals surface area (Å²) >= 11 is 0. The number of nitro benzene ring substituents is 1. The first kappa shape index (κ1) is 18.2. The molecule has 1 heterocycles. The van der Waals surface area contributed by atoms with E-state index in [1.54, 1.807) is 0 Å². The molecule has 3 aromatic rings. The van der Waals surface area contributed by atoms with Gasteiger partial charge in [0.2, 0.25) is 15.9 Å². The van der Waals surface area contributed by atoms with Crippen LogP contribution in [0.4, 0.5) is 5.69 Å². The Morgan fingerprint density at radius 3 is 2.44 bits per heavy atom. The third kappa shape index (κ3) is 3.28. The first-order chi connectivity index (χ1) is 12.6. The molecule has 0 unspecified atom stereocenters. The molecule has 3 rings (SSSR count). The van der Waals surface area contributed by atoms with Crippen molar-refractivity contribution >= 4 is 43.4 Å². The molecule has 0 saturated carbocycles. The van der Waals surface area contributed by atoms with Gasteiger partial charge in [-0.1, -0.05) is 6.07 Å². The zero-order chi connectivity index (χ0) is 19.9. The van der Waals surface area contributed by atoms with Crippen LogP contribution in [0.2, 0.25) is 0 Å². The molecule has 27 heavy (non-hydrogen) atoms. The van der Waals surface area contributed by atoms with Crippen molar-refractivity contribution in [1.29, 1.82) is 0 Å². The molecule has 0 fully saturated rings. The molecule has 0 bridgehead atoms. The molecule has 1 amide bonds. The molecular formula is C14H11N5O7S. The van der Waals surface area contributed by atoms with E-state index < -0.39 is 44.2 Å². The van der Waals surface area contributed by atoms with Crippen molar-refractivity contribution in [2.75, 3.05) is 6.54 Å². The average molecular weight is 393 g/mol. The Morgan fingerprint density at radius 2 is 1.81 bits per heavy atom. The molecule has 2 aromatic carbocycles. The summed E-state index contributed by atoms with van der Waals surface area (Å²) in [6, 6.07) is 4.43. The number of rotatable bonds is 5. The number of aromatic nitrogens is 2. The second kappa shape index (κ2) is 6.30. The van der Waals surface area contributed by atoms with E-state index in [2.05, 4.69) is 9.97 Å². The molecule has 0 atom stereocenters. The summed E-state index contributed by atoms with van der Waals surface area (Å²) in [5.41, 5.74) is 2.60. The quantitative estimate of drug-likeness (QED) is 0.185. The molecule has 0 aliphatic carbocycles. The summed E-state index contributed by atoms with van der Waals surface area (Å²) in [7, 11) is -4.16. The highest BCUT2D eigenvalue weighted by Gasteiger charge is 2.21. The van der Waals surface area contributed by atoms with Gasteiger partial charge in [0.25, 0.3) is 5.69 Å². The van der Waals surface area contributed by atoms with Crippen LogP contribution in [0, 0.1) is 10.1 Å². The number of hydrogen-bond donors (Lipinski definition) is 4. The number of H-pyrrole nitrogens is 2. The maximum atomic E-state index is 12.2. The molecule has 13 heteroatoms. The second-order valence-corrected chi connectivity index (χ2v) is 7.25. The van der Waals surface area contributed by atoms with Gasteiger partial charge in [-0.05, 0) is 12.1 Å². The number of nitrogens with one attached hydrogen (secondary N) is 3. The van der Waals surface area contributed by atoms with Crippen LogP contribution in [-0.2, 0) is 14.8 Å². The van der Waals surface area contributed by atoms with Crippen molar-refractivity contribution in [1.82, 2.24) is 14.7 Å². The molecule has 12 nitrogen and oxygen atoms in total. The van der Waals surface area contributed by atoms with Crippen molar-refractivity contribution in [2.45, 2.75) is 4.90 Å². The normalized spacial score (nSPS) is 11.7. The number of hydrogen-bond acceptors (Lipinski definition) is 7. The summed E-state index contributed by atoms with van der Waals surface area (Å²) in [6.07, 6.45) is 0. The number of amides is 1. The molecule has 0 aliphatic heterocycles. The lowest BCUT2D eigenvalue weighted by Crippen LogP contribution is -2.33. The minimum atomic E-state index is -4.16. The average Bonchev–Trinajstić information content (AvgIpc) is 2.60. The summed E-state index contributed by atoms with van der Waals surface area (Å²) in [4.78, 5) is 48.7. The Kier molecular flexibility index (Phi) is 4.25. The molecule has 5 N–H and O–H groups in total. The minimum absolute atomic E-state index is 0.0151. The number of non-ortho nitro benzene ring substituents is 1. The lowest BCUT2D eigenvalue weighted by Gasteiger charge is -2.08. The van der Waals surface area contributed by atoms with Gasteiger partial charge in [-0.25, -0.2) is 13.1 Å². The van der Waals surface area contributed by atoms with Gasteiger partial charge in [0.05, 0.1) is 32.8 Å². The summed E-state index contributed by atoms with van der Waals surface area (Å²) in [5, 5.41) is 11.5. The Hall–Kier alpha value is -3.58. The van der Waals surface area contributed by atoms with Crippen molar-refractivity contribution in [3.05, 3.63) is 55.1 Å². The van der Waals surface area contributed by atoms with Crippen LogP contribution in [0.15, 0.2) is 38.8 Å². The van der Waals surface area contributed by atoms with Crippen molar-refractivity contribution in [3.8, 4) is 0 Å². The zero-order valence-corrected chi connectivity index (χ0v) is 14.1. The Morgan fingerprint density at radius 1 is 1.15 bits per heavy atom. The number of benzene rings is 2. The van der Waals surface area contributed by atoms with Gasteiger partial charge in [-0.3, -0.25) is 24.5 Å². The monoisotopic (exact) mass is 393 g/mol. The molecule has 1 aromatic heterocycles. The number of primary amides is 1. The van der Waals surface area contributed by atoms with E-state index in [0.29, 0.717) is 0 Å². The maximum Gasteiger partial charge on any atom is 0.314 e. The maximum absolute atomic E-state index is 12.2. The summed E-state index contributed by atoms with van der Waals surface area (Å²) < 4.78 is 26.4. The van der Waals surface area contributed by atoms with Crippen LogP contribution < -0.4 is 21.6 Å². The Bertz CT molecular complexity index is 1340. The number of fused-ring (bicyclic) bond motifs is 3. The zero-order valence-electron chi connectivity index (χ0n) is 13.3. The predicted octanol–water partition coefficient (Wildman–Crippen LogP) is -0.959. The standard InChI is InChI=1S/C14H11N5O7S/c15-11(20)5-16-27(25,26)6-1-2-7-8(3-6)10(19(23)24)4-9-12(7)18-14(22)13(21)17-9/h1-4,16H,5H2,(H2,15,20)(H,17,21)(H,18,22). The van der Waals surface area contributed by atoms with E-state index in [1.165, 1.54) is 6.07 Å². The third-order valence-corrected chi connectivity index (χ3v) is 5.12. The van der Waals surface area contributed by atoms with Gasteiger partial charge in [0.1, 0.15) is 0 Å². The number of aromatic amines is 2. The topological polar surface area (TPSA) is 198 Å². The lowest BCUT2D eigenvalue weighted by atomic mass is 10.1. The van der Waals surface area contributed by atoms with Crippen molar-refractivity contribution in [2.24, 2.45) is 5.73 Å². The fourth-order valence-corrected chi connectivity index (χ4v) is 3.55. The first-order valence-electron chi connectivity index (χ1n) is 7.25. The highest BCUT2D eigenvalue weighted by atomic mass is 32.2. The van der Waals surface area contributed by atoms with Crippen molar-refractivity contribution in [3.63, 3.8) is 0 Å². The number of carbonyl (C=O) groups excluding carboxylic acids is 1. The van der Waals surface area contributed by atoms with Gasteiger partial charge >= 0.3 is 11.1 Å².